The summed E-state index contributed by atoms with van der Waals surface area (Å²) in [5.41, 5.74) is 5.57. The van der Waals surface area contributed by atoms with Crippen LogP contribution in [0.25, 0.3) is 0 Å². The number of nitrogen functional groups attached to an aromatic ring is 1. The second-order valence-electron chi connectivity index (χ2n) is 7.82. The van der Waals surface area contributed by atoms with Crippen molar-refractivity contribution in [3.8, 4) is 0 Å². The number of anilines is 1. The molecule has 0 amide bonds. The molecule has 0 aliphatic carbocycles. The van der Waals surface area contributed by atoms with E-state index in [1.807, 2.05) is 30.3 Å². The number of rotatable bonds is 8. The molecule has 0 spiro atoms. The summed E-state index contributed by atoms with van der Waals surface area (Å²) in [6, 6.07) is 8.68. The largest absolute Gasteiger partial charge is 0.465 e. The Hall–Kier alpha value is -3.20. The van der Waals surface area contributed by atoms with Gasteiger partial charge >= 0.3 is 11.7 Å². The number of carbonyl (C=O) groups excluding carboxylic acids is 2. The van der Waals surface area contributed by atoms with Crippen LogP contribution in [0.5, 0.6) is 0 Å². The van der Waals surface area contributed by atoms with Crippen LogP contribution in [-0.2, 0) is 22.6 Å². The average molecular weight is 443 g/mol. The molecular formula is C23H30N4O5. The number of carbonyl (C=O) groups is 2. The van der Waals surface area contributed by atoms with Crippen molar-refractivity contribution in [1.82, 2.24) is 14.0 Å². The van der Waals surface area contributed by atoms with E-state index >= 15 is 0 Å². The van der Waals surface area contributed by atoms with E-state index in [-0.39, 0.29) is 43.6 Å². The lowest BCUT2D eigenvalue weighted by Crippen LogP contribution is -2.49. The molecule has 1 aromatic carbocycles. The maximum absolute atomic E-state index is 13.3. The SMILES string of the molecule is CCOC(=O)C1CCCCN1CC(=O)c1c(N)n(Cc2ccccc2)c(=O)n(CC)c1=O. The lowest BCUT2D eigenvalue weighted by atomic mass is 10.0. The van der Waals surface area contributed by atoms with Crippen LogP contribution in [0.4, 0.5) is 5.82 Å². The monoisotopic (exact) mass is 442 g/mol. The highest BCUT2D eigenvalue weighted by atomic mass is 16.5. The van der Waals surface area contributed by atoms with Crippen LogP contribution < -0.4 is 17.0 Å². The Balaban J connectivity index is 1.98. The first-order valence-electron chi connectivity index (χ1n) is 11.0. The van der Waals surface area contributed by atoms with Crippen LogP contribution in [0.2, 0.25) is 0 Å². The van der Waals surface area contributed by atoms with Gasteiger partial charge in [-0.05, 0) is 38.8 Å². The maximum Gasteiger partial charge on any atom is 0.332 e. The fourth-order valence-corrected chi connectivity index (χ4v) is 4.12. The third-order valence-electron chi connectivity index (χ3n) is 5.77. The molecule has 172 valence electrons. The zero-order chi connectivity index (χ0) is 23.3. The first-order chi connectivity index (χ1) is 15.4. The van der Waals surface area contributed by atoms with Gasteiger partial charge in [0, 0.05) is 6.54 Å². The highest BCUT2D eigenvalue weighted by Crippen LogP contribution is 2.19. The van der Waals surface area contributed by atoms with Crippen molar-refractivity contribution in [1.29, 1.82) is 0 Å². The summed E-state index contributed by atoms with van der Waals surface area (Å²) in [6.07, 6.45) is 2.29. The normalized spacial score (nSPS) is 16.6. The van der Waals surface area contributed by atoms with Gasteiger partial charge in [-0.1, -0.05) is 36.8 Å². The van der Waals surface area contributed by atoms with Crippen molar-refractivity contribution in [3.05, 3.63) is 62.3 Å². The van der Waals surface area contributed by atoms with E-state index in [0.717, 1.165) is 23.0 Å². The van der Waals surface area contributed by atoms with Crippen LogP contribution >= 0.6 is 0 Å². The first-order valence-corrected chi connectivity index (χ1v) is 11.0. The van der Waals surface area contributed by atoms with Gasteiger partial charge in [0.2, 0.25) is 0 Å². The van der Waals surface area contributed by atoms with E-state index < -0.39 is 23.1 Å². The molecule has 1 aliphatic rings. The second-order valence-corrected chi connectivity index (χ2v) is 7.82. The number of hydrogen-bond acceptors (Lipinski definition) is 7. The molecule has 1 fully saturated rings. The fourth-order valence-electron chi connectivity index (χ4n) is 4.12. The fraction of sp³-hybridized carbons (Fsp3) is 0.478. The van der Waals surface area contributed by atoms with Crippen molar-refractivity contribution >= 4 is 17.6 Å². The highest BCUT2D eigenvalue weighted by molar-refractivity contribution is 6.01. The number of benzene rings is 1. The number of nitrogens with two attached hydrogens (primary N) is 1. The Morgan fingerprint density at radius 2 is 1.81 bits per heavy atom. The van der Waals surface area contributed by atoms with E-state index in [9.17, 15) is 19.2 Å². The standard InChI is InChI=1S/C23H30N4O5/c1-3-26-21(29)19(20(24)27(23(26)31)14-16-10-6-5-7-11-16)18(28)15-25-13-9-8-12-17(25)22(30)32-4-2/h5-7,10-11,17H,3-4,8-9,12-15,24H2,1-2H3. The molecule has 2 aromatic rings. The van der Waals surface area contributed by atoms with Crippen LogP contribution in [0, 0.1) is 0 Å². The number of esters is 1. The molecule has 1 saturated heterocycles. The highest BCUT2D eigenvalue weighted by Gasteiger charge is 2.33. The van der Waals surface area contributed by atoms with Crippen molar-refractivity contribution in [2.75, 3.05) is 25.4 Å². The van der Waals surface area contributed by atoms with Gasteiger partial charge in [-0.2, -0.15) is 0 Å². The molecule has 0 bridgehead atoms. The van der Waals surface area contributed by atoms with Gasteiger partial charge in [-0.25, -0.2) is 4.79 Å². The van der Waals surface area contributed by atoms with Gasteiger partial charge in [-0.15, -0.1) is 0 Å². The number of aromatic nitrogens is 2. The number of Topliss-reactive ketones (excluding diaryl/α,β-unsaturated/α-hetero) is 1. The average Bonchev–Trinajstić information content (AvgIpc) is 2.78. The Kier molecular flexibility index (Phi) is 7.63. The van der Waals surface area contributed by atoms with Crippen LogP contribution in [0.15, 0.2) is 39.9 Å². The molecule has 1 aliphatic heterocycles. The van der Waals surface area contributed by atoms with Gasteiger partial charge in [0.15, 0.2) is 5.78 Å². The summed E-state index contributed by atoms with van der Waals surface area (Å²) in [6.45, 7) is 4.32. The molecule has 2 heterocycles. The second kappa shape index (κ2) is 10.4. The minimum Gasteiger partial charge on any atom is -0.465 e. The van der Waals surface area contributed by atoms with Crippen molar-refractivity contribution in [2.24, 2.45) is 0 Å². The van der Waals surface area contributed by atoms with Gasteiger partial charge in [0.05, 0.1) is 19.7 Å². The van der Waals surface area contributed by atoms with Gasteiger partial charge < -0.3 is 10.5 Å². The first kappa shape index (κ1) is 23.5. The molecule has 0 saturated carbocycles. The van der Waals surface area contributed by atoms with E-state index in [1.54, 1.807) is 18.7 Å². The number of likely N-dealkylation sites (tertiary alicyclic amines) is 1. The molecule has 1 atom stereocenters. The summed E-state index contributed by atoms with van der Waals surface area (Å²) in [5, 5.41) is 0. The lowest BCUT2D eigenvalue weighted by molar-refractivity contribution is -0.150. The van der Waals surface area contributed by atoms with E-state index in [1.165, 1.54) is 4.57 Å². The third kappa shape index (κ3) is 4.83. The Morgan fingerprint density at radius 3 is 2.47 bits per heavy atom. The number of nitrogens with zero attached hydrogens (tertiary/aromatic N) is 3. The number of piperidine rings is 1. The molecule has 1 aromatic heterocycles. The van der Waals surface area contributed by atoms with Crippen molar-refractivity contribution < 1.29 is 14.3 Å². The van der Waals surface area contributed by atoms with Gasteiger partial charge in [0.1, 0.15) is 17.4 Å². The zero-order valence-electron chi connectivity index (χ0n) is 18.6. The predicted molar refractivity (Wildman–Crippen MR) is 121 cm³/mol. The summed E-state index contributed by atoms with van der Waals surface area (Å²) in [4.78, 5) is 53.2. The minimum absolute atomic E-state index is 0.113. The molecule has 9 nitrogen and oxygen atoms in total. The molecule has 1 unspecified atom stereocenters. The van der Waals surface area contributed by atoms with Crippen molar-refractivity contribution in [2.45, 2.75) is 52.2 Å². The molecule has 2 N–H and O–H groups in total. The van der Waals surface area contributed by atoms with E-state index in [2.05, 4.69) is 0 Å². The van der Waals surface area contributed by atoms with Gasteiger partial charge in [-0.3, -0.25) is 28.4 Å². The third-order valence-corrected chi connectivity index (χ3v) is 5.77. The number of hydrogen-bond donors (Lipinski definition) is 1. The lowest BCUT2D eigenvalue weighted by Gasteiger charge is -2.33. The molecule has 0 radical (unpaired) electrons. The van der Waals surface area contributed by atoms with E-state index in [4.69, 9.17) is 10.5 Å². The molecule has 32 heavy (non-hydrogen) atoms. The quantitative estimate of drug-likeness (QED) is 0.483. The summed E-state index contributed by atoms with van der Waals surface area (Å²) >= 11 is 0. The molecule has 9 heteroatoms. The Morgan fingerprint density at radius 1 is 1.09 bits per heavy atom. The minimum atomic E-state index is -0.700. The van der Waals surface area contributed by atoms with Crippen LogP contribution in [0.1, 0.15) is 49.0 Å². The smallest absolute Gasteiger partial charge is 0.332 e. The number of ether oxygens (including phenoxy) is 1. The van der Waals surface area contributed by atoms with Crippen molar-refractivity contribution in [3.63, 3.8) is 0 Å². The van der Waals surface area contributed by atoms with E-state index in [0.29, 0.717) is 13.0 Å². The van der Waals surface area contributed by atoms with Crippen LogP contribution in [-0.4, -0.2) is 51.5 Å². The Labute approximate surface area is 186 Å². The zero-order valence-corrected chi connectivity index (χ0v) is 18.6. The molecule has 3 rings (SSSR count). The topological polar surface area (TPSA) is 117 Å². The van der Waals surface area contributed by atoms with Crippen LogP contribution in [0.3, 0.4) is 0 Å². The molecular weight excluding hydrogens is 412 g/mol. The number of ketones is 1. The van der Waals surface area contributed by atoms with Gasteiger partial charge in [0.25, 0.3) is 5.56 Å². The summed E-state index contributed by atoms with van der Waals surface area (Å²) in [5.74, 6) is -1.02. The summed E-state index contributed by atoms with van der Waals surface area (Å²) in [7, 11) is 0. The Bertz CT molecular complexity index is 1090. The maximum atomic E-state index is 13.3. The summed E-state index contributed by atoms with van der Waals surface area (Å²) < 4.78 is 7.43. The predicted octanol–water partition coefficient (Wildman–Crippen LogP) is 1.26.